The lowest BCUT2D eigenvalue weighted by Crippen LogP contribution is -2.42. The van der Waals surface area contributed by atoms with Crippen molar-refractivity contribution in [3.8, 4) is 5.75 Å². The van der Waals surface area contributed by atoms with Crippen molar-refractivity contribution < 1.29 is 37.3 Å². The lowest BCUT2D eigenvalue weighted by atomic mass is 9.79. The summed E-state index contributed by atoms with van der Waals surface area (Å²) >= 11 is 0.792. The number of aliphatic hydroxyl groups is 1. The molecule has 1 unspecified atom stereocenters. The molecule has 216 valence electrons. The first-order valence-electron chi connectivity index (χ1n) is 13.2. The van der Waals surface area contributed by atoms with Crippen molar-refractivity contribution >= 4 is 28.6 Å². The summed E-state index contributed by atoms with van der Waals surface area (Å²) in [6.07, 6.45) is 3.35. The van der Waals surface area contributed by atoms with E-state index in [-0.39, 0.29) is 18.3 Å². The van der Waals surface area contributed by atoms with E-state index in [1.54, 1.807) is 19.4 Å². The first-order chi connectivity index (χ1) is 19.2. The van der Waals surface area contributed by atoms with Crippen LogP contribution in [0.5, 0.6) is 5.75 Å². The number of fused-ring (bicyclic) bond motifs is 1. The van der Waals surface area contributed by atoms with Gasteiger partial charge in [0.25, 0.3) is 0 Å². The fraction of sp³-hybridized carbons (Fsp3) is 0.448. The number of carboxylic acids is 1. The van der Waals surface area contributed by atoms with Crippen molar-refractivity contribution in [2.45, 2.75) is 43.1 Å². The number of piperidine rings is 1. The Bertz CT molecular complexity index is 1350. The average Bonchev–Trinajstić information content (AvgIpc) is 2.94. The Morgan fingerprint density at radius 1 is 1.15 bits per heavy atom. The maximum Gasteiger partial charge on any atom is 0.303 e. The molecule has 3 aromatic rings. The number of nitrogens with zero attached hydrogens (tertiary/aromatic N) is 2. The zero-order valence-corrected chi connectivity index (χ0v) is 22.9. The number of methoxy groups -OCH3 is 1. The highest BCUT2D eigenvalue weighted by atomic mass is 32.2. The maximum atomic E-state index is 13.9. The average molecular weight is 581 g/mol. The van der Waals surface area contributed by atoms with Crippen LogP contribution in [-0.4, -0.2) is 58.6 Å². The predicted molar refractivity (Wildman–Crippen MR) is 144 cm³/mol. The van der Waals surface area contributed by atoms with E-state index in [2.05, 4.69) is 9.88 Å². The smallest absolute Gasteiger partial charge is 0.303 e. The topological polar surface area (TPSA) is 82.9 Å². The number of halogens is 4. The Balaban J connectivity index is 1.32. The second-order valence-electron chi connectivity index (χ2n) is 10.1. The number of pyridine rings is 1. The largest absolute Gasteiger partial charge is 0.497 e. The van der Waals surface area contributed by atoms with Gasteiger partial charge in [-0.05, 0) is 86.2 Å². The minimum atomic E-state index is -1.69. The Labute approximate surface area is 234 Å². The lowest BCUT2D eigenvalue weighted by molar-refractivity contribution is -0.139. The molecule has 1 saturated heterocycles. The van der Waals surface area contributed by atoms with Crippen molar-refractivity contribution in [3.05, 3.63) is 65.4 Å². The van der Waals surface area contributed by atoms with E-state index in [4.69, 9.17) is 4.74 Å². The monoisotopic (exact) mass is 580 g/mol. The quantitative estimate of drug-likeness (QED) is 0.0867. The predicted octanol–water partition coefficient (Wildman–Crippen LogP) is 6.21. The molecule has 0 radical (unpaired) electrons. The first-order valence-corrected chi connectivity index (χ1v) is 14.2. The molecule has 6 nitrogen and oxygen atoms in total. The van der Waals surface area contributed by atoms with Crippen LogP contribution in [0.4, 0.5) is 17.6 Å². The Hall–Kier alpha value is -2.89. The third-order valence-electron chi connectivity index (χ3n) is 7.50. The number of carbonyl (C=O) groups is 1. The van der Waals surface area contributed by atoms with Crippen molar-refractivity contribution in [1.82, 2.24) is 9.88 Å². The number of benzene rings is 2. The number of aliphatic carboxylic acids is 1. The van der Waals surface area contributed by atoms with Crippen molar-refractivity contribution in [2.75, 3.05) is 32.5 Å². The third-order valence-corrected chi connectivity index (χ3v) is 8.66. The summed E-state index contributed by atoms with van der Waals surface area (Å²) in [4.78, 5) is 17.5. The molecule has 1 aliphatic rings. The summed E-state index contributed by atoms with van der Waals surface area (Å²) in [6, 6.07) is 7.63. The molecule has 1 aliphatic heterocycles. The summed E-state index contributed by atoms with van der Waals surface area (Å²) in [6.45, 7) is 1.86. The van der Waals surface area contributed by atoms with Crippen LogP contribution in [-0.2, 0) is 4.79 Å². The number of hydrogen-bond acceptors (Lipinski definition) is 6. The van der Waals surface area contributed by atoms with Gasteiger partial charge in [0.15, 0.2) is 17.5 Å². The van der Waals surface area contributed by atoms with Gasteiger partial charge >= 0.3 is 5.97 Å². The van der Waals surface area contributed by atoms with Crippen LogP contribution in [0.3, 0.4) is 0 Å². The number of rotatable bonds is 12. The van der Waals surface area contributed by atoms with Gasteiger partial charge in [0.2, 0.25) is 0 Å². The molecule has 40 heavy (non-hydrogen) atoms. The minimum Gasteiger partial charge on any atom is -0.497 e. The van der Waals surface area contributed by atoms with Gasteiger partial charge < -0.3 is 19.8 Å². The van der Waals surface area contributed by atoms with Crippen molar-refractivity contribution in [2.24, 2.45) is 11.8 Å². The minimum absolute atomic E-state index is 0.00662. The zero-order valence-electron chi connectivity index (χ0n) is 22.1. The lowest BCUT2D eigenvalue weighted by Gasteiger charge is -2.38. The van der Waals surface area contributed by atoms with Gasteiger partial charge in [0.1, 0.15) is 11.6 Å². The molecular weight excluding hydrogens is 548 g/mol. The molecule has 0 amide bonds. The fourth-order valence-corrected chi connectivity index (χ4v) is 6.32. The third kappa shape index (κ3) is 7.24. The second kappa shape index (κ2) is 13.6. The molecule has 2 heterocycles. The number of carboxylic acid groups (broad SMARTS) is 1. The Morgan fingerprint density at radius 2 is 1.95 bits per heavy atom. The van der Waals surface area contributed by atoms with Gasteiger partial charge in [0, 0.05) is 30.6 Å². The molecule has 2 aromatic carbocycles. The summed E-state index contributed by atoms with van der Waals surface area (Å²) in [7, 11) is 1.58. The van der Waals surface area contributed by atoms with E-state index >= 15 is 0 Å². The molecule has 3 atom stereocenters. The molecule has 1 fully saturated rings. The summed E-state index contributed by atoms with van der Waals surface area (Å²) < 4.78 is 59.7. The molecule has 0 bridgehead atoms. The molecular formula is C29H32F4N2O4S. The van der Waals surface area contributed by atoms with E-state index in [1.165, 1.54) is 0 Å². The van der Waals surface area contributed by atoms with Gasteiger partial charge in [-0.1, -0.05) is 0 Å². The number of thioether (sulfide) groups is 1. The van der Waals surface area contributed by atoms with Gasteiger partial charge in [-0.2, -0.15) is 0 Å². The molecule has 0 saturated carbocycles. The van der Waals surface area contributed by atoms with Crippen molar-refractivity contribution in [3.63, 3.8) is 0 Å². The van der Waals surface area contributed by atoms with Gasteiger partial charge in [-0.3, -0.25) is 9.78 Å². The zero-order chi connectivity index (χ0) is 28.8. The number of likely N-dealkylation sites (tertiary alicyclic amines) is 1. The van der Waals surface area contributed by atoms with Crippen LogP contribution >= 0.6 is 11.8 Å². The highest BCUT2D eigenvalue weighted by molar-refractivity contribution is 7.99. The first kappa shape index (κ1) is 30.1. The molecule has 0 aliphatic carbocycles. The highest BCUT2D eigenvalue weighted by Gasteiger charge is 2.31. The molecule has 2 N–H and O–H groups in total. The van der Waals surface area contributed by atoms with E-state index in [0.29, 0.717) is 49.9 Å². The molecule has 11 heteroatoms. The molecule has 0 spiro atoms. The second-order valence-corrected chi connectivity index (χ2v) is 11.2. The molecule has 1 aromatic heterocycles. The van der Waals surface area contributed by atoms with Gasteiger partial charge in [0.05, 0.1) is 23.6 Å². The SMILES string of the molecule is COc1ccc2nccc(C(O)CC[C@@H]3CCN(CCCSc4c(F)cc(F)c(F)c4F)C[C@@H]3CC(=O)O)c2c1. The number of aromatic nitrogens is 1. The maximum absolute atomic E-state index is 13.9. The van der Waals surface area contributed by atoms with Gasteiger partial charge in [-0.15, -0.1) is 11.8 Å². The Kier molecular flexibility index (Phi) is 10.3. The van der Waals surface area contributed by atoms with E-state index in [1.807, 2.05) is 18.2 Å². The number of aliphatic hydroxyl groups excluding tert-OH is 1. The van der Waals surface area contributed by atoms with Crippen LogP contribution in [0.15, 0.2) is 41.4 Å². The molecule has 4 rings (SSSR count). The van der Waals surface area contributed by atoms with Crippen LogP contribution in [0.25, 0.3) is 10.9 Å². The highest BCUT2D eigenvalue weighted by Crippen LogP contribution is 2.35. The van der Waals surface area contributed by atoms with Crippen molar-refractivity contribution in [1.29, 1.82) is 0 Å². The van der Waals surface area contributed by atoms with E-state index in [0.717, 1.165) is 41.2 Å². The van der Waals surface area contributed by atoms with Crippen LogP contribution in [0.2, 0.25) is 0 Å². The normalized spacial score (nSPS) is 18.6. The van der Waals surface area contributed by atoms with E-state index < -0.39 is 40.2 Å². The standard InChI is InChI=1S/C29H32F4N2O4S/c1-39-19-4-5-24-21(14-19)20(7-9-34-24)25(36)6-3-17-8-11-35(16-18(17)13-26(37)38)10-2-12-40-29-23(31)15-22(30)27(32)28(29)33/h4-5,7,9,14-15,17-18,25,36H,2-3,6,8,10-13,16H2,1H3,(H,37,38)/t17-,18+,25?/m1/s1. The Morgan fingerprint density at radius 3 is 2.70 bits per heavy atom. The number of ether oxygens (including phenoxy) is 1. The van der Waals surface area contributed by atoms with Gasteiger partial charge in [-0.25, -0.2) is 17.6 Å². The van der Waals surface area contributed by atoms with Crippen LogP contribution < -0.4 is 4.74 Å². The summed E-state index contributed by atoms with van der Waals surface area (Å²) in [5, 5.41) is 21.4. The fourth-order valence-electron chi connectivity index (χ4n) is 5.43. The van der Waals surface area contributed by atoms with E-state index in [9.17, 15) is 32.6 Å². The van der Waals surface area contributed by atoms with Crippen LogP contribution in [0, 0.1) is 35.1 Å². The number of hydrogen-bond donors (Lipinski definition) is 2. The summed E-state index contributed by atoms with van der Waals surface area (Å²) in [5.41, 5.74) is 1.50. The van der Waals surface area contributed by atoms with Crippen LogP contribution in [0.1, 0.15) is 43.8 Å². The summed E-state index contributed by atoms with van der Waals surface area (Å²) in [5.74, 6) is -5.83.